The first kappa shape index (κ1) is 18.1. The van der Waals surface area contributed by atoms with Gasteiger partial charge in [0.05, 0.1) is 15.9 Å². The van der Waals surface area contributed by atoms with Gasteiger partial charge in [0.15, 0.2) is 9.84 Å². The summed E-state index contributed by atoms with van der Waals surface area (Å²) in [6, 6.07) is 11.6. The number of nitrogens with one attached hydrogen (secondary N) is 1. The normalized spacial score (nSPS) is 11.7. The van der Waals surface area contributed by atoms with Crippen LogP contribution in [0.3, 0.4) is 0 Å². The smallest absolute Gasteiger partial charge is 0.255 e. The molecule has 0 aliphatic carbocycles. The molecule has 0 bridgehead atoms. The Hall–Kier alpha value is -2.67. The second-order valence-corrected chi connectivity index (χ2v) is 8.28. The predicted octanol–water partition coefficient (Wildman–Crippen LogP) is 3.41. The van der Waals surface area contributed by atoms with E-state index in [-0.39, 0.29) is 10.8 Å². The van der Waals surface area contributed by atoms with Crippen molar-refractivity contribution in [2.75, 3.05) is 11.6 Å². The topological polar surface area (TPSA) is 81.1 Å². The zero-order valence-electron chi connectivity index (χ0n) is 15.0. The lowest BCUT2D eigenvalue weighted by Crippen LogP contribution is -2.12. The fourth-order valence-electron chi connectivity index (χ4n) is 2.91. The summed E-state index contributed by atoms with van der Waals surface area (Å²) in [4.78, 5) is 17.1. The molecule has 0 fully saturated rings. The van der Waals surface area contributed by atoms with Crippen molar-refractivity contribution < 1.29 is 13.2 Å². The van der Waals surface area contributed by atoms with E-state index in [1.165, 1.54) is 12.1 Å². The van der Waals surface area contributed by atoms with Crippen molar-refractivity contribution in [1.29, 1.82) is 0 Å². The number of nitrogens with zero attached hydrogens (tertiary/aromatic N) is 2. The van der Waals surface area contributed by atoms with Gasteiger partial charge >= 0.3 is 0 Å². The molecule has 1 N–H and O–H groups in total. The molecule has 0 radical (unpaired) electrons. The summed E-state index contributed by atoms with van der Waals surface area (Å²) in [6.45, 7) is 4.97. The van der Waals surface area contributed by atoms with Crippen LogP contribution in [0.5, 0.6) is 0 Å². The third kappa shape index (κ3) is 3.62. The summed E-state index contributed by atoms with van der Waals surface area (Å²) in [5, 5.41) is 2.81. The highest BCUT2D eigenvalue weighted by Crippen LogP contribution is 2.21. The summed E-state index contributed by atoms with van der Waals surface area (Å²) in [6.07, 6.45) is 2.13. The van der Waals surface area contributed by atoms with Crippen LogP contribution < -0.4 is 5.32 Å². The van der Waals surface area contributed by atoms with Crippen LogP contribution >= 0.6 is 0 Å². The molecule has 3 aromatic rings. The van der Waals surface area contributed by atoms with Crippen LogP contribution in [0, 0.1) is 6.92 Å². The molecule has 2 aromatic carbocycles. The summed E-state index contributed by atoms with van der Waals surface area (Å²) >= 11 is 0. The van der Waals surface area contributed by atoms with Crippen LogP contribution in [0.4, 0.5) is 5.69 Å². The summed E-state index contributed by atoms with van der Waals surface area (Å²) < 4.78 is 25.5. The Balaban J connectivity index is 1.88. The molecule has 0 aliphatic heterocycles. The number of amides is 1. The van der Waals surface area contributed by atoms with E-state index in [0.717, 1.165) is 36.1 Å². The number of hydrogen-bond donors (Lipinski definition) is 1. The van der Waals surface area contributed by atoms with Crippen LogP contribution in [-0.4, -0.2) is 30.1 Å². The Morgan fingerprint density at radius 3 is 2.65 bits per heavy atom. The van der Waals surface area contributed by atoms with Crippen molar-refractivity contribution in [2.45, 2.75) is 31.7 Å². The van der Waals surface area contributed by atoms with Gasteiger partial charge in [-0.25, -0.2) is 13.4 Å². The third-order valence-corrected chi connectivity index (χ3v) is 5.28. The van der Waals surface area contributed by atoms with E-state index in [2.05, 4.69) is 21.8 Å². The van der Waals surface area contributed by atoms with E-state index in [9.17, 15) is 13.2 Å². The monoisotopic (exact) mass is 371 g/mol. The average molecular weight is 371 g/mol. The Labute approximate surface area is 152 Å². The van der Waals surface area contributed by atoms with E-state index in [1.807, 2.05) is 25.1 Å². The van der Waals surface area contributed by atoms with Gasteiger partial charge in [-0.15, -0.1) is 0 Å². The number of hydrogen-bond acceptors (Lipinski definition) is 4. The number of imidazole rings is 1. The molecule has 1 amide bonds. The molecular formula is C19H21N3O3S. The standard InChI is InChI=1S/C19H21N3O3S/c1-4-10-22-13(2)20-17-12-15(8-9-18(17)22)21-19(23)14-6-5-7-16(11-14)26(3,24)25/h5-9,11-12H,4,10H2,1-3H3,(H,21,23). The molecule has 1 aromatic heterocycles. The highest BCUT2D eigenvalue weighted by atomic mass is 32.2. The van der Waals surface area contributed by atoms with Gasteiger partial charge in [-0.3, -0.25) is 4.79 Å². The molecule has 0 spiro atoms. The number of carbonyl (C=O) groups is 1. The van der Waals surface area contributed by atoms with Crippen molar-refractivity contribution in [3.63, 3.8) is 0 Å². The lowest BCUT2D eigenvalue weighted by atomic mass is 10.2. The molecular weight excluding hydrogens is 350 g/mol. The van der Waals surface area contributed by atoms with Gasteiger partial charge in [0.2, 0.25) is 0 Å². The van der Waals surface area contributed by atoms with E-state index < -0.39 is 9.84 Å². The predicted molar refractivity (Wildman–Crippen MR) is 102 cm³/mol. The molecule has 0 aliphatic rings. The van der Waals surface area contributed by atoms with Crippen molar-refractivity contribution in [3.8, 4) is 0 Å². The lowest BCUT2D eigenvalue weighted by Gasteiger charge is -2.08. The average Bonchev–Trinajstić information content (AvgIpc) is 2.89. The summed E-state index contributed by atoms with van der Waals surface area (Å²) in [5.41, 5.74) is 2.76. The summed E-state index contributed by atoms with van der Waals surface area (Å²) in [7, 11) is -3.36. The minimum atomic E-state index is -3.36. The van der Waals surface area contributed by atoms with E-state index in [0.29, 0.717) is 11.3 Å². The first-order valence-corrected chi connectivity index (χ1v) is 10.3. The number of aryl methyl sites for hydroxylation is 2. The maximum Gasteiger partial charge on any atom is 0.255 e. The molecule has 0 unspecified atom stereocenters. The van der Waals surface area contributed by atoms with Crippen molar-refractivity contribution in [3.05, 3.63) is 53.9 Å². The SMILES string of the molecule is CCCn1c(C)nc2cc(NC(=O)c3cccc(S(C)(=O)=O)c3)ccc21. The van der Waals surface area contributed by atoms with Gasteiger partial charge in [0.1, 0.15) is 5.82 Å². The zero-order valence-corrected chi connectivity index (χ0v) is 15.8. The fourth-order valence-corrected chi connectivity index (χ4v) is 3.57. The van der Waals surface area contributed by atoms with Gasteiger partial charge in [-0.05, 0) is 49.7 Å². The molecule has 0 saturated carbocycles. The largest absolute Gasteiger partial charge is 0.328 e. The lowest BCUT2D eigenvalue weighted by molar-refractivity contribution is 0.102. The van der Waals surface area contributed by atoms with E-state index in [1.54, 1.807) is 12.1 Å². The molecule has 26 heavy (non-hydrogen) atoms. The minimum absolute atomic E-state index is 0.120. The second-order valence-electron chi connectivity index (χ2n) is 6.27. The first-order chi connectivity index (χ1) is 12.3. The summed E-state index contributed by atoms with van der Waals surface area (Å²) in [5.74, 6) is 0.575. The molecule has 6 nitrogen and oxygen atoms in total. The maximum atomic E-state index is 12.5. The minimum Gasteiger partial charge on any atom is -0.328 e. The van der Waals surface area contributed by atoms with Crippen LogP contribution in [0.2, 0.25) is 0 Å². The highest BCUT2D eigenvalue weighted by molar-refractivity contribution is 7.90. The van der Waals surface area contributed by atoms with Crippen molar-refractivity contribution >= 4 is 32.5 Å². The van der Waals surface area contributed by atoms with Crippen LogP contribution in [-0.2, 0) is 16.4 Å². The van der Waals surface area contributed by atoms with Gasteiger partial charge in [-0.1, -0.05) is 13.0 Å². The molecule has 136 valence electrons. The van der Waals surface area contributed by atoms with E-state index >= 15 is 0 Å². The first-order valence-electron chi connectivity index (χ1n) is 8.38. The third-order valence-electron chi connectivity index (χ3n) is 4.17. The van der Waals surface area contributed by atoms with Crippen LogP contribution in [0.25, 0.3) is 11.0 Å². The van der Waals surface area contributed by atoms with Gasteiger partial charge in [0.25, 0.3) is 5.91 Å². The van der Waals surface area contributed by atoms with E-state index in [4.69, 9.17) is 0 Å². The van der Waals surface area contributed by atoms with Crippen LogP contribution in [0.1, 0.15) is 29.5 Å². The van der Waals surface area contributed by atoms with Gasteiger partial charge < -0.3 is 9.88 Å². The Bertz CT molecular complexity index is 1080. The number of benzene rings is 2. The number of rotatable bonds is 5. The quantitative estimate of drug-likeness (QED) is 0.745. The highest BCUT2D eigenvalue weighted by Gasteiger charge is 2.13. The van der Waals surface area contributed by atoms with Crippen molar-refractivity contribution in [1.82, 2.24) is 9.55 Å². The number of fused-ring (bicyclic) bond motifs is 1. The Morgan fingerprint density at radius 2 is 1.96 bits per heavy atom. The molecule has 7 heteroatoms. The maximum absolute atomic E-state index is 12.5. The zero-order chi connectivity index (χ0) is 18.9. The van der Waals surface area contributed by atoms with Crippen molar-refractivity contribution in [2.24, 2.45) is 0 Å². The second kappa shape index (κ2) is 6.92. The van der Waals surface area contributed by atoms with Gasteiger partial charge in [0, 0.05) is 24.1 Å². The molecule has 1 heterocycles. The molecule has 0 atom stereocenters. The van der Waals surface area contributed by atoms with Crippen LogP contribution in [0.15, 0.2) is 47.4 Å². The number of carbonyl (C=O) groups excluding carboxylic acids is 1. The Morgan fingerprint density at radius 1 is 1.19 bits per heavy atom. The number of aromatic nitrogens is 2. The number of sulfone groups is 1. The Kier molecular flexibility index (Phi) is 4.82. The fraction of sp³-hybridized carbons (Fsp3) is 0.263. The molecule has 3 rings (SSSR count). The van der Waals surface area contributed by atoms with Gasteiger partial charge in [-0.2, -0.15) is 0 Å². The number of anilines is 1. The molecule has 0 saturated heterocycles.